The molecule has 0 saturated heterocycles. The molecule has 1 N–H and O–H groups in total. The number of carboxylic acid groups (broad SMARTS) is 1. The topological polar surface area (TPSA) is 94.5 Å². The minimum Gasteiger partial charge on any atom is -0.492 e. The highest BCUT2D eigenvalue weighted by Crippen LogP contribution is 2.18. The first-order valence-electron chi connectivity index (χ1n) is 13.2. The predicted octanol–water partition coefficient (Wildman–Crippen LogP) is 5.51. The van der Waals surface area contributed by atoms with Crippen LogP contribution >= 0.6 is 0 Å². The van der Waals surface area contributed by atoms with Gasteiger partial charge in [0, 0.05) is 26.2 Å². The number of amides is 1. The Morgan fingerprint density at radius 3 is 2.28 bits per heavy atom. The Kier molecular flexibility index (Phi) is 12.3. The third-order valence-electron chi connectivity index (χ3n) is 5.99. The molecule has 0 aliphatic carbocycles. The van der Waals surface area contributed by atoms with Gasteiger partial charge in [-0.1, -0.05) is 60.7 Å². The van der Waals surface area contributed by atoms with Crippen LogP contribution in [0.5, 0.6) is 11.5 Å². The van der Waals surface area contributed by atoms with E-state index in [2.05, 4.69) is 0 Å². The van der Waals surface area contributed by atoms with Crippen molar-refractivity contribution < 1.29 is 33.6 Å². The van der Waals surface area contributed by atoms with Crippen molar-refractivity contribution in [1.82, 2.24) is 4.90 Å². The summed E-state index contributed by atoms with van der Waals surface area (Å²) in [7, 11) is 0. The van der Waals surface area contributed by atoms with Gasteiger partial charge in [0.2, 0.25) is 0 Å². The molecule has 208 valence electrons. The number of aliphatic carboxylic acids is 1. The summed E-state index contributed by atoms with van der Waals surface area (Å²) in [6, 6.07) is 24.5. The van der Waals surface area contributed by atoms with Gasteiger partial charge in [0.25, 0.3) is 0 Å². The van der Waals surface area contributed by atoms with E-state index in [0.717, 1.165) is 16.7 Å². The molecule has 0 radical (unpaired) electrons. The van der Waals surface area contributed by atoms with Gasteiger partial charge in [-0.15, -0.1) is 0 Å². The Labute approximate surface area is 230 Å². The lowest BCUT2D eigenvalue weighted by molar-refractivity contribution is -0.149. The van der Waals surface area contributed by atoms with Crippen LogP contribution in [0.15, 0.2) is 78.9 Å². The summed E-state index contributed by atoms with van der Waals surface area (Å²) >= 11 is 0. The molecule has 1 unspecified atom stereocenters. The van der Waals surface area contributed by atoms with E-state index in [4.69, 9.17) is 18.9 Å². The molecule has 0 aromatic heterocycles. The van der Waals surface area contributed by atoms with Gasteiger partial charge in [-0.25, -0.2) is 9.59 Å². The zero-order valence-corrected chi connectivity index (χ0v) is 22.6. The predicted molar refractivity (Wildman–Crippen MR) is 148 cm³/mol. The summed E-state index contributed by atoms with van der Waals surface area (Å²) in [5.74, 6) is 0.164. The number of ether oxygens (including phenoxy) is 4. The van der Waals surface area contributed by atoms with E-state index in [1.807, 2.05) is 67.6 Å². The molecule has 8 heteroatoms. The number of carbonyl (C=O) groups excluding carboxylic acids is 1. The zero-order valence-electron chi connectivity index (χ0n) is 22.6. The third-order valence-corrected chi connectivity index (χ3v) is 5.99. The molecule has 3 aromatic rings. The van der Waals surface area contributed by atoms with Crippen molar-refractivity contribution in [1.29, 1.82) is 0 Å². The van der Waals surface area contributed by atoms with Gasteiger partial charge in [0.1, 0.15) is 18.1 Å². The first kappa shape index (κ1) is 29.7. The lowest BCUT2D eigenvalue weighted by Gasteiger charge is -2.22. The quantitative estimate of drug-likeness (QED) is 0.242. The maximum atomic E-state index is 13.0. The highest BCUT2D eigenvalue weighted by Gasteiger charge is 2.19. The Hall–Kier alpha value is -3.88. The molecule has 0 spiro atoms. The molecule has 0 saturated carbocycles. The largest absolute Gasteiger partial charge is 0.492 e. The fourth-order valence-corrected chi connectivity index (χ4v) is 3.87. The lowest BCUT2D eigenvalue weighted by atomic mass is 10.1. The van der Waals surface area contributed by atoms with Crippen molar-refractivity contribution in [2.75, 3.05) is 32.9 Å². The van der Waals surface area contributed by atoms with Gasteiger partial charge in [0.05, 0.1) is 13.2 Å². The van der Waals surface area contributed by atoms with E-state index in [1.54, 1.807) is 30.0 Å². The van der Waals surface area contributed by atoms with Crippen LogP contribution in [-0.2, 0) is 27.3 Å². The molecule has 0 heterocycles. The molecule has 0 aliphatic rings. The first-order valence-corrected chi connectivity index (χ1v) is 13.2. The molecule has 0 aliphatic heterocycles. The van der Waals surface area contributed by atoms with Gasteiger partial charge in [-0.3, -0.25) is 0 Å². The lowest BCUT2D eigenvalue weighted by Crippen LogP contribution is -2.38. The van der Waals surface area contributed by atoms with Gasteiger partial charge < -0.3 is 29.0 Å². The van der Waals surface area contributed by atoms with E-state index >= 15 is 0 Å². The normalized spacial score (nSPS) is 11.5. The molecule has 39 heavy (non-hydrogen) atoms. The number of rotatable bonds is 16. The number of benzene rings is 3. The maximum absolute atomic E-state index is 13.0. The van der Waals surface area contributed by atoms with E-state index in [-0.39, 0.29) is 13.0 Å². The monoisotopic (exact) mass is 535 g/mol. The number of aryl methyl sites for hydroxylation is 1. The summed E-state index contributed by atoms with van der Waals surface area (Å²) in [6.45, 7) is 6.07. The number of hydrogen-bond acceptors (Lipinski definition) is 6. The van der Waals surface area contributed by atoms with Crippen LogP contribution in [0.25, 0.3) is 0 Å². The summed E-state index contributed by atoms with van der Waals surface area (Å²) in [4.78, 5) is 25.9. The van der Waals surface area contributed by atoms with Gasteiger partial charge in [-0.05, 0) is 55.2 Å². The molecular weight excluding hydrogens is 498 g/mol. The molecule has 8 nitrogen and oxygen atoms in total. The smallest absolute Gasteiger partial charge is 0.415 e. The number of carboxylic acids is 1. The average molecular weight is 536 g/mol. The Bertz CT molecular complexity index is 1150. The number of carbonyl (C=O) groups is 2. The highest BCUT2D eigenvalue weighted by atomic mass is 16.6. The number of nitrogens with zero attached hydrogens (tertiary/aromatic N) is 1. The first-order chi connectivity index (χ1) is 19.0. The molecular formula is C31H37NO7. The second-order valence-corrected chi connectivity index (χ2v) is 8.99. The van der Waals surface area contributed by atoms with Crippen LogP contribution in [0.3, 0.4) is 0 Å². The van der Waals surface area contributed by atoms with Gasteiger partial charge in [0.15, 0.2) is 6.10 Å². The third kappa shape index (κ3) is 10.4. The average Bonchev–Trinajstić information content (AvgIpc) is 2.94. The minimum absolute atomic E-state index is 0.268. The van der Waals surface area contributed by atoms with Crippen LogP contribution < -0.4 is 9.47 Å². The summed E-state index contributed by atoms with van der Waals surface area (Å²) in [5.41, 5.74) is 2.81. The SMILES string of the molecule is CCOC(Cc1ccc(OCCN(CCCOCc2ccccc2)C(=O)Oc2ccccc2C)cc1)C(=O)O. The standard InChI is InChI=1S/C31H37NO7/c1-3-37-29(30(33)34)22-25-14-16-27(17-15-25)38-21-19-32(31(35)39-28-13-8-7-10-24(28)2)18-9-20-36-23-26-11-5-4-6-12-26/h4-8,10-17,29H,3,9,18-23H2,1-2H3,(H,33,34). The van der Waals surface area contributed by atoms with E-state index in [0.29, 0.717) is 50.8 Å². The van der Waals surface area contributed by atoms with E-state index in [9.17, 15) is 14.7 Å². The Balaban J connectivity index is 1.51. The molecule has 0 bridgehead atoms. The Morgan fingerprint density at radius 2 is 1.59 bits per heavy atom. The Morgan fingerprint density at radius 1 is 0.872 bits per heavy atom. The molecule has 1 amide bonds. The van der Waals surface area contributed by atoms with Crippen molar-refractivity contribution in [2.24, 2.45) is 0 Å². The molecule has 3 aromatic carbocycles. The number of para-hydroxylation sites is 1. The minimum atomic E-state index is -0.986. The van der Waals surface area contributed by atoms with Crippen molar-refractivity contribution in [3.8, 4) is 11.5 Å². The summed E-state index contributed by atoms with van der Waals surface area (Å²) < 4.78 is 22.6. The van der Waals surface area contributed by atoms with Gasteiger partial charge in [-0.2, -0.15) is 0 Å². The van der Waals surface area contributed by atoms with Crippen molar-refractivity contribution in [2.45, 2.75) is 39.4 Å². The van der Waals surface area contributed by atoms with Crippen LogP contribution in [0.2, 0.25) is 0 Å². The second kappa shape index (κ2) is 16.2. The molecule has 3 rings (SSSR count). The summed E-state index contributed by atoms with van der Waals surface area (Å²) in [6.07, 6.45) is -0.406. The van der Waals surface area contributed by atoms with Crippen molar-refractivity contribution >= 4 is 12.1 Å². The number of hydrogen-bond donors (Lipinski definition) is 1. The highest BCUT2D eigenvalue weighted by molar-refractivity contribution is 5.72. The fraction of sp³-hybridized carbons (Fsp3) is 0.355. The van der Waals surface area contributed by atoms with Crippen LogP contribution in [0.1, 0.15) is 30.0 Å². The molecule has 1 atom stereocenters. The van der Waals surface area contributed by atoms with Crippen LogP contribution in [0.4, 0.5) is 4.79 Å². The summed E-state index contributed by atoms with van der Waals surface area (Å²) in [5, 5.41) is 9.29. The maximum Gasteiger partial charge on any atom is 0.415 e. The zero-order chi connectivity index (χ0) is 27.9. The van der Waals surface area contributed by atoms with Gasteiger partial charge >= 0.3 is 12.1 Å². The fourth-order valence-electron chi connectivity index (χ4n) is 3.87. The van der Waals surface area contributed by atoms with Crippen LogP contribution in [0, 0.1) is 6.92 Å². The van der Waals surface area contributed by atoms with Crippen molar-refractivity contribution in [3.63, 3.8) is 0 Å². The van der Waals surface area contributed by atoms with E-state index in [1.165, 1.54) is 0 Å². The van der Waals surface area contributed by atoms with Crippen molar-refractivity contribution in [3.05, 3.63) is 95.6 Å². The van der Waals surface area contributed by atoms with E-state index < -0.39 is 18.2 Å². The van der Waals surface area contributed by atoms with Crippen LogP contribution in [-0.4, -0.2) is 61.1 Å². The molecule has 0 fully saturated rings. The second-order valence-electron chi connectivity index (χ2n) is 8.99.